The molecule has 1 aliphatic rings. The zero-order chi connectivity index (χ0) is 13.2. The van der Waals surface area contributed by atoms with Crippen LogP contribution in [-0.2, 0) is 0 Å². The van der Waals surface area contributed by atoms with E-state index in [1.54, 1.807) is 6.07 Å². The maximum atomic E-state index is 5.89. The zero-order valence-electron chi connectivity index (χ0n) is 10.3. The highest BCUT2D eigenvalue weighted by Gasteiger charge is 2.12. The Hall–Kier alpha value is -2.07. The molecule has 0 aliphatic carbocycles. The second kappa shape index (κ2) is 4.90. The first-order valence-corrected chi connectivity index (χ1v) is 6.17. The standard InChI is InChI=1S/C14H11ClN2O2/c1-9-6-13(15)17-14(16-9)5-3-10-2-4-11-12(7-10)19-8-18-11/h2-7H,8H2,1H3. The lowest BCUT2D eigenvalue weighted by Crippen LogP contribution is -1.92. The van der Waals surface area contributed by atoms with Gasteiger partial charge in [-0.2, -0.15) is 0 Å². The van der Waals surface area contributed by atoms with Crippen LogP contribution in [0.1, 0.15) is 17.1 Å². The van der Waals surface area contributed by atoms with Gasteiger partial charge in [0.15, 0.2) is 17.3 Å². The molecule has 19 heavy (non-hydrogen) atoms. The molecule has 0 saturated heterocycles. The average Bonchev–Trinajstić information content (AvgIpc) is 2.82. The van der Waals surface area contributed by atoms with Crippen molar-refractivity contribution in [3.63, 3.8) is 0 Å². The number of halogens is 1. The van der Waals surface area contributed by atoms with Crippen molar-refractivity contribution in [2.75, 3.05) is 6.79 Å². The Morgan fingerprint density at radius 1 is 1.11 bits per heavy atom. The van der Waals surface area contributed by atoms with Crippen LogP contribution in [0.5, 0.6) is 11.5 Å². The van der Waals surface area contributed by atoms with Crippen molar-refractivity contribution in [3.8, 4) is 11.5 Å². The molecule has 0 spiro atoms. The van der Waals surface area contributed by atoms with Crippen molar-refractivity contribution in [1.29, 1.82) is 0 Å². The first kappa shape index (κ1) is 12.0. The molecule has 0 unspecified atom stereocenters. The van der Waals surface area contributed by atoms with Crippen molar-refractivity contribution >= 4 is 23.8 Å². The molecule has 0 amide bonds. The zero-order valence-corrected chi connectivity index (χ0v) is 11.0. The number of ether oxygens (including phenoxy) is 2. The van der Waals surface area contributed by atoms with E-state index in [1.807, 2.05) is 37.3 Å². The molecule has 1 aromatic heterocycles. The van der Waals surface area contributed by atoms with Gasteiger partial charge in [0.1, 0.15) is 5.15 Å². The molecule has 1 aromatic carbocycles. The van der Waals surface area contributed by atoms with Crippen LogP contribution >= 0.6 is 11.6 Å². The number of hydrogen-bond acceptors (Lipinski definition) is 4. The van der Waals surface area contributed by atoms with E-state index >= 15 is 0 Å². The van der Waals surface area contributed by atoms with Crippen LogP contribution < -0.4 is 9.47 Å². The second-order valence-corrected chi connectivity index (χ2v) is 4.52. The van der Waals surface area contributed by atoms with Gasteiger partial charge < -0.3 is 9.47 Å². The number of aromatic nitrogens is 2. The maximum Gasteiger partial charge on any atom is 0.231 e. The minimum atomic E-state index is 0.277. The van der Waals surface area contributed by atoms with Gasteiger partial charge in [-0.1, -0.05) is 23.7 Å². The Kier molecular flexibility index (Phi) is 3.09. The number of benzene rings is 1. The first-order chi connectivity index (χ1) is 9.20. The Balaban J connectivity index is 1.86. The Morgan fingerprint density at radius 3 is 2.79 bits per heavy atom. The van der Waals surface area contributed by atoms with Gasteiger partial charge in [-0.25, -0.2) is 9.97 Å². The number of hydrogen-bond donors (Lipinski definition) is 0. The summed E-state index contributed by atoms with van der Waals surface area (Å²) >= 11 is 5.89. The topological polar surface area (TPSA) is 44.2 Å². The molecule has 0 fully saturated rings. The average molecular weight is 275 g/mol. The lowest BCUT2D eigenvalue weighted by atomic mass is 10.2. The largest absolute Gasteiger partial charge is 0.454 e. The van der Waals surface area contributed by atoms with Crippen molar-refractivity contribution in [2.45, 2.75) is 6.92 Å². The highest BCUT2D eigenvalue weighted by Crippen LogP contribution is 2.32. The minimum absolute atomic E-state index is 0.277. The summed E-state index contributed by atoms with van der Waals surface area (Å²) in [6.45, 7) is 2.16. The molecule has 1 aliphatic heterocycles. The van der Waals surface area contributed by atoms with Gasteiger partial charge in [-0.05, 0) is 36.8 Å². The van der Waals surface area contributed by atoms with E-state index in [2.05, 4.69) is 9.97 Å². The van der Waals surface area contributed by atoms with Gasteiger partial charge in [0.05, 0.1) is 0 Å². The third-order valence-electron chi connectivity index (χ3n) is 2.66. The summed E-state index contributed by atoms with van der Waals surface area (Å²) in [5, 5.41) is 0.442. The van der Waals surface area contributed by atoms with Gasteiger partial charge >= 0.3 is 0 Å². The summed E-state index contributed by atoms with van der Waals surface area (Å²) in [7, 11) is 0. The normalized spacial score (nSPS) is 13.2. The van der Waals surface area contributed by atoms with E-state index in [0.29, 0.717) is 11.0 Å². The van der Waals surface area contributed by atoms with E-state index in [-0.39, 0.29) is 6.79 Å². The van der Waals surface area contributed by atoms with Crippen LogP contribution in [-0.4, -0.2) is 16.8 Å². The molecule has 0 bridgehead atoms. The fourth-order valence-electron chi connectivity index (χ4n) is 1.81. The lowest BCUT2D eigenvalue weighted by Gasteiger charge is -1.99. The summed E-state index contributed by atoms with van der Waals surface area (Å²) in [5.74, 6) is 2.11. The number of aryl methyl sites for hydroxylation is 1. The second-order valence-electron chi connectivity index (χ2n) is 4.14. The maximum absolute atomic E-state index is 5.89. The number of rotatable bonds is 2. The lowest BCUT2D eigenvalue weighted by molar-refractivity contribution is 0.174. The van der Waals surface area contributed by atoms with Crippen LogP contribution in [0, 0.1) is 6.92 Å². The summed E-state index contributed by atoms with van der Waals surface area (Å²) < 4.78 is 10.6. The summed E-state index contributed by atoms with van der Waals surface area (Å²) in [5.41, 5.74) is 1.83. The summed E-state index contributed by atoms with van der Waals surface area (Å²) in [4.78, 5) is 8.42. The van der Waals surface area contributed by atoms with Crippen LogP contribution in [0.15, 0.2) is 24.3 Å². The molecule has 0 radical (unpaired) electrons. The van der Waals surface area contributed by atoms with Gasteiger partial charge in [-0.3, -0.25) is 0 Å². The predicted octanol–water partition coefficient (Wildman–Crippen LogP) is 3.34. The van der Waals surface area contributed by atoms with Crippen LogP contribution in [0.25, 0.3) is 12.2 Å². The van der Waals surface area contributed by atoms with Crippen molar-refractivity contribution in [1.82, 2.24) is 9.97 Å². The molecule has 0 atom stereocenters. The van der Waals surface area contributed by atoms with Crippen molar-refractivity contribution in [3.05, 3.63) is 46.5 Å². The van der Waals surface area contributed by atoms with Crippen LogP contribution in [0.2, 0.25) is 5.15 Å². The van der Waals surface area contributed by atoms with E-state index in [4.69, 9.17) is 21.1 Å². The molecule has 5 heteroatoms. The quantitative estimate of drug-likeness (QED) is 0.788. The number of nitrogens with zero attached hydrogens (tertiary/aromatic N) is 2. The van der Waals surface area contributed by atoms with E-state index < -0.39 is 0 Å². The highest BCUT2D eigenvalue weighted by molar-refractivity contribution is 6.29. The van der Waals surface area contributed by atoms with E-state index in [0.717, 1.165) is 22.8 Å². The molecule has 4 nitrogen and oxygen atoms in total. The molecule has 2 aromatic rings. The predicted molar refractivity (Wildman–Crippen MR) is 73.3 cm³/mol. The number of fused-ring (bicyclic) bond motifs is 1. The van der Waals surface area contributed by atoms with Crippen LogP contribution in [0.4, 0.5) is 0 Å². The highest BCUT2D eigenvalue weighted by atomic mass is 35.5. The summed E-state index contributed by atoms with van der Waals surface area (Å²) in [6, 6.07) is 7.46. The summed E-state index contributed by atoms with van der Waals surface area (Å²) in [6.07, 6.45) is 3.73. The van der Waals surface area contributed by atoms with Gasteiger partial charge in [0.25, 0.3) is 0 Å². The monoisotopic (exact) mass is 274 g/mol. The molecule has 96 valence electrons. The molecule has 3 rings (SSSR count). The fourth-order valence-corrected chi connectivity index (χ4v) is 2.06. The van der Waals surface area contributed by atoms with Crippen LogP contribution in [0.3, 0.4) is 0 Å². The van der Waals surface area contributed by atoms with Gasteiger partial charge in [0, 0.05) is 5.69 Å². The Bertz CT molecular complexity index is 636. The SMILES string of the molecule is Cc1cc(Cl)nc(C=Cc2ccc3c(c2)OCO3)n1. The molecular formula is C14H11ClN2O2. The Morgan fingerprint density at radius 2 is 1.95 bits per heavy atom. The fraction of sp³-hybridized carbons (Fsp3) is 0.143. The third kappa shape index (κ3) is 2.69. The Labute approximate surface area is 115 Å². The molecule has 2 heterocycles. The molecule has 0 N–H and O–H groups in total. The van der Waals surface area contributed by atoms with E-state index in [9.17, 15) is 0 Å². The van der Waals surface area contributed by atoms with Crippen molar-refractivity contribution < 1.29 is 9.47 Å². The van der Waals surface area contributed by atoms with E-state index in [1.165, 1.54) is 0 Å². The smallest absolute Gasteiger partial charge is 0.231 e. The third-order valence-corrected chi connectivity index (χ3v) is 2.86. The first-order valence-electron chi connectivity index (χ1n) is 5.80. The van der Waals surface area contributed by atoms with Gasteiger partial charge in [0.2, 0.25) is 6.79 Å². The minimum Gasteiger partial charge on any atom is -0.454 e. The molecule has 0 saturated carbocycles. The van der Waals surface area contributed by atoms with Gasteiger partial charge in [-0.15, -0.1) is 0 Å². The molecular weight excluding hydrogens is 264 g/mol. The van der Waals surface area contributed by atoms with Crippen molar-refractivity contribution in [2.24, 2.45) is 0 Å².